The predicted molar refractivity (Wildman–Crippen MR) is 127 cm³/mol. The first kappa shape index (κ1) is 23.4. The second-order valence-electron chi connectivity index (χ2n) is 7.91. The third kappa shape index (κ3) is 5.72. The van der Waals surface area contributed by atoms with Crippen molar-refractivity contribution >= 4 is 22.6 Å². The van der Waals surface area contributed by atoms with E-state index in [2.05, 4.69) is 54.4 Å². The van der Waals surface area contributed by atoms with E-state index in [0.29, 0.717) is 12.1 Å². The Kier molecular flexibility index (Phi) is 8.36. The molecule has 3 aromatic carbocycles. The molecule has 0 aromatic heterocycles. The fourth-order valence-electron chi connectivity index (χ4n) is 3.97. The molecule has 32 heavy (non-hydrogen) atoms. The summed E-state index contributed by atoms with van der Waals surface area (Å²) in [7, 11) is 0. The number of hydrogen-bond acceptors (Lipinski definition) is 4. The van der Waals surface area contributed by atoms with E-state index in [0.717, 1.165) is 43.4 Å². The van der Waals surface area contributed by atoms with Gasteiger partial charge in [0.15, 0.2) is 0 Å². The standard InChI is InChI=1S/C26H31N3O3/c1-3-15-29(16-4-2)18-22-14-13-21(23-7-5-6-8-24(22)23)17-27-25(30)19-9-11-20(12-10-19)26(31)28-32/h5-14,32H,3-4,15-18H2,1-2H3,(H,27,30)(H,28,31). The number of nitrogens with one attached hydrogen (secondary N) is 2. The lowest BCUT2D eigenvalue weighted by atomic mass is 9.98. The van der Waals surface area contributed by atoms with E-state index in [1.54, 1.807) is 17.6 Å². The molecular formula is C26H31N3O3. The molecule has 6 nitrogen and oxygen atoms in total. The van der Waals surface area contributed by atoms with Crippen LogP contribution in [0.1, 0.15) is 58.5 Å². The van der Waals surface area contributed by atoms with Crippen LogP contribution >= 0.6 is 0 Å². The lowest BCUT2D eigenvalue weighted by molar-refractivity contribution is 0.0706. The lowest BCUT2D eigenvalue weighted by Gasteiger charge is -2.22. The second-order valence-corrected chi connectivity index (χ2v) is 7.91. The van der Waals surface area contributed by atoms with Crippen molar-refractivity contribution in [2.24, 2.45) is 0 Å². The van der Waals surface area contributed by atoms with Crippen LogP contribution in [0.15, 0.2) is 60.7 Å². The van der Waals surface area contributed by atoms with Gasteiger partial charge in [0.2, 0.25) is 0 Å². The van der Waals surface area contributed by atoms with Gasteiger partial charge < -0.3 is 5.32 Å². The van der Waals surface area contributed by atoms with E-state index >= 15 is 0 Å². The summed E-state index contributed by atoms with van der Waals surface area (Å²) in [4.78, 5) is 26.5. The maximum absolute atomic E-state index is 12.6. The molecule has 0 saturated carbocycles. The Morgan fingerprint density at radius 3 is 1.88 bits per heavy atom. The minimum Gasteiger partial charge on any atom is -0.348 e. The normalized spacial score (nSPS) is 11.0. The van der Waals surface area contributed by atoms with Crippen LogP contribution in [0.2, 0.25) is 0 Å². The summed E-state index contributed by atoms with van der Waals surface area (Å²) in [6.07, 6.45) is 2.27. The van der Waals surface area contributed by atoms with Crippen LogP contribution in [0.4, 0.5) is 0 Å². The zero-order chi connectivity index (χ0) is 22.9. The van der Waals surface area contributed by atoms with Crippen LogP contribution in [-0.2, 0) is 13.1 Å². The molecule has 6 heteroatoms. The zero-order valence-electron chi connectivity index (χ0n) is 18.7. The van der Waals surface area contributed by atoms with Crippen molar-refractivity contribution in [2.45, 2.75) is 39.8 Å². The highest BCUT2D eigenvalue weighted by molar-refractivity contribution is 5.97. The molecule has 0 heterocycles. The Bertz CT molecular complexity index is 1060. The van der Waals surface area contributed by atoms with Gasteiger partial charge in [0, 0.05) is 24.2 Å². The van der Waals surface area contributed by atoms with Crippen molar-refractivity contribution < 1.29 is 14.8 Å². The summed E-state index contributed by atoms with van der Waals surface area (Å²) in [6.45, 7) is 7.91. The van der Waals surface area contributed by atoms with Gasteiger partial charge in [-0.3, -0.25) is 19.7 Å². The van der Waals surface area contributed by atoms with Crippen LogP contribution in [0.25, 0.3) is 10.8 Å². The number of nitrogens with zero attached hydrogens (tertiary/aromatic N) is 1. The number of carbonyl (C=O) groups is 2. The van der Waals surface area contributed by atoms with E-state index in [4.69, 9.17) is 5.21 Å². The predicted octanol–water partition coefficient (Wildman–Crippen LogP) is 4.51. The molecule has 0 radical (unpaired) electrons. The minimum atomic E-state index is -0.611. The number of fused-ring (bicyclic) bond motifs is 1. The molecular weight excluding hydrogens is 402 g/mol. The van der Waals surface area contributed by atoms with Gasteiger partial charge in [-0.1, -0.05) is 50.2 Å². The van der Waals surface area contributed by atoms with Crippen molar-refractivity contribution in [3.8, 4) is 0 Å². The van der Waals surface area contributed by atoms with Crippen molar-refractivity contribution in [2.75, 3.05) is 13.1 Å². The Hall–Kier alpha value is -3.22. The van der Waals surface area contributed by atoms with Gasteiger partial charge in [0.1, 0.15) is 0 Å². The summed E-state index contributed by atoms with van der Waals surface area (Å²) in [5.74, 6) is -0.828. The van der Waals surface area contributed by atoms with Crippen LogP contribution in [0, 0.1) is 0 Å². The molecule has 0 spiro atoms. The number of hydrogen-bond donors (Lipinski definition) is 3. The molecule has 2 amide bonds. The van der Waals surface area contributed by atoms with E-state index in [1.807, 2.05) is 6.07 Å². The largest absolute Gasteiger partial charge is 0.348 e. The summed E-state index contributed by atoms with van der Waals surface area (Å²) >= 11 is 0. The highest BCUT2D eigenvalue weighted by Gasteiger charge is 2.12. The maximum atomic E-state index is 12.6. The number of benzene rings is 3. The molecule has 0 atom stereocenters. The van der Waals surface area contributed by atoms with Gasteiger partial charge in [-0.2, -0.15) is 0 Å². The zero-order valence-corrected chi connectivity index (χ0v) is 18.7. The lowest BCUT2D eigenvalue weighted by Crippen LogP contribution is -2.25. The molecule has 0 unspecified atom stereocenters. The first-order valence-corrected chi connectivity index (χ1v) is 11.1. The third-order valence-electron chi connectivity index (χ3n) is 5.53. The Morgan fingerprint density at radius 2 is 1.31 bits per heavy atom. The Balaban J connectivity index is 1.75. The maximum Gasteiger partial charge on any atom is 0.274 e. The number of carbonyl (C=O) groups excluding carboxylic acids is 2. The first-order valence-electron chi connectivity index (χ1n) is 11.1. The first-order chi connectivity index (χ1) is 15.6. The van der Waals surface area contributed by atoms with Crippen molar-refractivity contribution in [3.05, 3.63) is 82.9 Å². The summed E-state index contributed by atoms with van der Waals surface area (Å²) < 4.78 is 0. The van der Waals surface area contributed by atoms with E-state index in [1.165, 1.54) is 23.1 Å². The number of rotatable bonds is 10. The fourth-order valence-corrected chi connectivity index (χ4v) is 3.97. The van der Waals surface area contributed by atoms with Crippen LogP contribution in [-0.4, -0.2) is 35.0 Å². The Morgan fingerprint density at radius 1 is 0.781 bits per heavy atom. The summed E-state index contributed by atoms with van der Waals surface area (Å²) in [6, 6.07) is 18.7. The molecule has 0 saturated heterocycles. The molecule has 3 N–H and O–H groups in total. The van der Waals surface area contributed by atoms with Crippen molar-refractivity contribution in [1.29, 1.82) is 0 Å². The van der Waals surface area contributed by atoms with Gasteiger partial charge in [-0.15, -0.1) is 0 Å². The molecule has 0 aliphatic heterocycles. The highest BCUT2D eigenvalue weighted by Crippen LogP contribution is 2.24. The van der Waals surface area contributed by atoms with E-state index < -0.39 is 5.91 Å². The van der Waals surface area contributed by atoms with Crippen molar-refractivity contribution in [1.82, 2.24) is 15.7 Å². The minimum absolute atomic E-state index is 0.216. The van der Waals surface area contributed by atoms with Gasteiger partial charge in [-0.25, -0.2) is 5.48 Å². The molecule has 0 fully saturated rings. The average molecular weight is 434 g/mol. The smallest absolute Gasteiger partial charge is 0.274 e. The fraction of sp³-hybridized carbons (Fsp3) is 0.308. The number of hydroxylamine groups is 1. The van der Waals surface area contributed by atoms with Gasteiger partial charge >= 0.3 is 0 Å². The van der Waals surface area contributed by atoms with Gasteiger partial charge in [0.05, 0.1) is 0 Å². The quantitative estimate of drug-likeness (QED) is 0.325. The average Bonchev–Trinajstić information content (AvgIpc) is 2.83. The van der Waals surface area contributed by atoms with Gasteiger partial charge in [-0.05, 0) is 72.1 Å². The van der Waals surface area contributed by atoms with Crippen LogP contribution < -0.4 is 10.8 Å². The molecule has 0 aliphatic carbocycles. The summed E-state index contributed by atoms with van der Waals surface area (Å²) in [5.41, 5.74) is 4.68. The second kappa shape index (κ2) is 11.4. The van der Waals surface area contributed by atoms with E-state index in [9.17, 15) is 9.59 Å². The molecule has 3 rings (SSSR count). The number of amides is 2. The summed E-state index contributed by atoms with van der Waals surface area (Å²) in [5, 5.41) is 14.0. The SMILES string of the molecule is CCCN(CCC)Cc1ccc(CNC(=O)c2ccc(C(=O)NO)cc2)c2ccccc12. The molecule has 0 aliphatic rings. The van der Waals surface area contributed by atoms with Crippen LogP contribution in [0.5, 0.6) is 0 Å². The topological polar surface area (TPSA) is 81.7 Å². The molecule has 3 aromatic rings. The van der Waals surface area contributed by atoms with E-state index in [-0.39, 0.29) is 11.5 Å². The third-order valence-corrected chi connectivity index (χ3v) is 5.53. The highest BCUT2D eigenvalue weighted by atomic mass is 16.5. The van der Waals surface area contributed by atoms with Gasteiger partial charge in [0.25, 0.3) is 11.8 Å². The Labute approximate surface area is 189 Å². The monoisotopic (exact) mass is 433 g/mol. The molecule has 0 bridgehead atoms. The molecule has 168 valence electrons. The van der Waals surface area contributed by atoms with Crippen LogP contribution in [0.3, 0.4) is 0 Å². The van der Waals surface area contributed by atoms with Crippen molar-refractivity contribution in [3.63, 3.8) is 0 Å².